The minimum atomic E-state index is -1.37. The van der Waals surface area contributed by atoms with Gasteiger partial charge in [-0.15, -0.1) is 0 Å². The number of hydrogen-bond donors (Lipinski definition) is 0. The first-order valence-electron chi connectivity index (χ1n) is 7.63. The molecule has 0 aromatic rings. The largest absolute Gasteiger partial charge is 0.295 e. The lowest BCUT2D eigenvalue weighted by atomic mass is 10.3. The van der Waals surface area contributed by atoms with Gasteiger partial charge in [-0.25, -0.2) is 0 Å². The first kappa shape index (κ1) is 17.5. The second kappa shape index (κ2) is 5.00. The summed E-state index contributed by atoms with van der Waals surface area (Å²) in [5, 5.41) is 11.9. The van der Waals surface area contributed by atoms with Crippen LogP contribution in [0.25, 0.3) is 0 Å². The zero-order valence-corrected chi connectivity index (χ0v) is 18.5. The third-order valence-corrected chi connectivity index (χ3v) is 79.0. The van der Waals surface area contributed by atoms with Crippen LogP contribution in [0.5, 0.6) is 0 Å². The van der Waals surface area contributed by atoms with Gasteiger partial charge in [0.05, 0.1) is 0 Å². The molecule has 0 aliphatic heterocycles. The summed E-state index contributed by atoms with van der Waals surface area (Å²) in [5.74, 6) is 0.441. The smallest absolute Gasteiger partial charge is 0.151 e. The summed E-state index contributed by atoms with van der Waals surface area (Å²) in [5.41, 5.74) is 0.713. The van der Waals surface area contributed by atoms with E-state index in [4.69, 9.17) is 0 Å². The molecule has 0 heterocycles. The normalized spacial score (nSPS) is 22.6. The van der Waals surface area contributed by atoms with Crippen LogP contribution in [0.4, 0.5) is 0 Å². The van der Waals surface area contributed by atoms with E-state index < -0.39 is 29.4 Å². The summed E-state index contributed by atoms with van der Waals surface area (Å²) in [4.78, 5) is 0. The van der Waals surface area contributed by atoms with Crippen LogP contribution >= 0.6 is 0 Å². The van der Waals surface area contributed by atoms with E-state index in [1.54, 1.807) is 0 Å². The monoisotopic (exact) mass is 329 g/mol. The van der Waals surface area contributed by atoms with Crippen LogP contribution in [-0.4, -0.2) is 29.4 Å². The molecule has 1 nitrogen and oxygen atoms in total. The third-order valence-electron chi connectivity index (χ3n) is 5.19. The quantitative estimate of drug-likeness (QED) is 0.635. The Morgan fingerprint density at radius 3 is 1.42 bits per heavy atom. The highest BCUT2D eigenvalue weighted by Gasteiger charge is 2.64. The van der Waals surface area contributed by atoms with Gasteiger partial charge in [0.15, 0.2) is 5.76 Å². The summed E-state index contributed by atoms with van der Waals surface area (Å²) >= 11 is 0. The van der Waals surface area contributed by atoms with Gasteiger partial charge in [-0.3, -0.25) is 5.11 Å². The average Bonchev–Trinajstić information content (AvgIpc) is 2.43. The predicted octanol–water partition coefficient (Wildman–Crippen LogP) is 5.16. The lowest BCUT2D eigenvalue weighted by Crippen LogP contribution is -2.84. The molecular weight excluding hydrogens is 296 g/mol. The summed E-state index contributed by atoms with van der Waals surface area (Å²) < 4.78 is 0. The van der Waals surface area contributed by atoms with Gasteiger partial charge in [0.1, 0.15) is 0 Å². The highest BCUT2D eigenvalue weighted by Crippen LogP contribution is 2.50. The van der Waals surface area contributed by atoms with Gasteiger partial charge in [-0.05, 0) is 18.0 Å². The number of hydrogen-bond acceptors (Lipinski definition) is 0. The molecule has 0 N–H and O–H groups in total. The Hall–Kier alpha value is 0.408. The number of rotatable bonds is 4. The van der Waals surface area contributed by atoms with E-state index in [9.17, 15) is 5.11 Å². The molecule has 1 aliphatic carbocycles. The van der Waals surface area contributed by atoms with Crippen molar-refractivity contribution in [2.75, 3.05) is 0 Å². The van der Waals surface area contributed by atoms with Crippen LogP contribution in [0.3, 0.4) is 0 Å². The summed E-state index contributed by atoms with van der Waals surface area (Å²) in [6.07, 6.45) is 4.21. The van der Waals surface area contributed by atoms with Crippen LogP contribution in [0.2, 0.25) is 64.5 Å². The molecule has 1 aliphatic rings. The molecule has 111 valence electrons. The van der Waals surface area contributed by atoms with Crippen molar-refractivity contribution in [3.05, 3.63) is 11.8 Å². The lowest BCUT2D eigenvalue weighted by molar-refractivity contribution is 0.287. The van der Waals surface area contributed by atoms with Crippen LogP contribution in [0.1, 0.15) is 12.8 Å². The minimum Gasteiger partial charge on any atom is -0.295 e. The maximum absolute atomic E-state index is 11.9. The van der Waals surface area contributed by atoms with Crippen molar-refractivity contribution in [3.63, 3.8) is 0 Å². The van der Waals surface area contributed by atoms with Crippen molar-refractivity contribution < 1.29 is 5.11 Å². The summed E-state index contributed by atoms with van der Waals surface area (Å²) in [6.45, 7) is 22.2. The van der Waals surface area contributed by atoms with Crippen LogP contribution in [-0.2, 0) is 5.11 Å². The average molecular weight is 330 g/mol. The molecular formula is C14H33OSi4. The molecule has 5 heteroatoms. The summed E-state index contributed by atoms with van der Waals surface area (Å²) in [6, 6.07) is 0. The second-order valence-electron chi connectivity index (χ2n) is 9.34. The Morgan fingerprint density at radius 1 is 0.842 bits per heavy atom. The Kier molecular flexibility index (Phi) is 4.59. The third kappa shape index (κ3) is 2.76. The number of allylic oxidation sites excluding steroid dienone is 2. The fourth-order valence-electron chi connectivity index (χ4n) is 6.07. The van der Waals surface area contributed by atoms with E-state index in [0.717, 1.165) is 6.42 Å². The standard InChI is InChI=1S/C14H33OSi4/c1-16(2,3)19(17(4,5)6,18(7,8)9)14-11-10-13(15)12-14/h12,14H,10-11H2,1-9H3. The summed E-state index contributed by atoms with van der Waals surface area (Å²) in [7, 11) is -3.67. The van der Waals surface area contributed by atoms with Crippen molar-refractivity contribution in [2.45, 2.75) is 77.3 Å². The van der Waals surface area contributed by atoms with E-state index in [2.05, 4.69) is 65.0 Å². The van der Waals surface area contributed by atoms with Gasteiger partial charge in [0, 0.05) is 35.8 Å². The highest BCUT2D eigenvalue weighted by molar-refractivity contribution is 7.89. The van der Waals surface area contributed by atoms with E-state index >= 15 is 0 Å². The van der Waals surface area contributed by atoms with Crippen LogP contribution in [0.15, 0.2) is 11.8 Å². The fraction of sp³-hybridized carbons (Fsp3) is 0.857. The van der Waals surface area contributed by atoms with E-state index in [1.807, 2.05) is 0 Å². The van der Waals surface area contributed by atoms with Crippen molar-refractivity contribution >= 4 is 29.4 Å². The van der Waals surface area contributed by atoms with E-state index in [1.165, 1.54) is 6.42 Å². The molecule has 1 radical (unpaired) electrons. The van der Waals surface area contributed by atoms with E-state index in [0.29, 0.717) is 11.3 Å². The minimum absolute atomic E-state index is 0.441. The predicted molar refractivity (Wildman–Crippen MR) is 97.5 cm³/mol. The Labute approximate surface area is 123 Å². The van der Waals surface area contributed by atoms with Gasteiger partial charge in [-0.2, -0.15) is 0 Å². The maximum atomic E-state index is 11.9. The molecule has 19 heavy (non-hydrogen) atoms. The molecule has 0 spiro atoms. The van der Waals surface area contributed by atoms with E-state index in [-0.39, 0.29) is 0 Å². The molecule has 0 fully saturated rings. The second-order valence-corrected chi connectivity index (χ2v) is 50.3. The Bertz CT molecular complexity index is 332. The molecule has 0 saturated heterocycles. The van der Waals surface area contributed by atoms with Gasteiger partial charge in [0.25, 0.3) is 0 Å². The van der Waals surface area contributed by atoms with Gasteiger partial charge in [0.2, 0.25) is 0 Å². The van der Waals surface area contributed by atoms with Gasteiger partial charge >= 0.3 is 0 Å². The van der Waals surface area contributed by atoms with Crippen molar-refractivity contribution in [2.24, 2.45) is 0 Å². The van der Waals surface area contributed by atoms with Crippen LogP contribution < -0.4 is 0 Å². The fourth-order valence-corrected chi connectivity index (χ4v) is 110. The first-order chi connectivity index (χ1) is 8.25. The molecule has 0 saturated carbocycles. The Morgan fingerprint density at radius 2 is 1.21 bits per heavy atom. The van der Waals surface area contributed by atoms with Crippen molar-refractivity contribution in [1.29, 1.82) is 0 Å². The molecule has 1 unspecified atom stereocenters. The van der Waals surface area contributed by atoms with Gasteiger partial charge < -0.3 is 0 Å². The Balaban J connectivity index is 3.56. The molecule has 0 aromatic heterocycles. The van der Waals surface area contributed by atoms with Crippen molar-refractivity contribution in [1.82, 2.24) is 0 Å². The SMILES string of the molecule is C[Si](C)(C)[Si](C1C=C([O])CC1)([Si](C)(C)C)[Si](C)(C)C. The first-order valence-corrected chi connectivity index (χ1v) is 23.2. The van der Waals surface area contributed by atoms with Gasteiger partial charge in [-0.1, -0.05) is 58.9 Å². The molecule has 1 rings (SSSR count). The highest BCUT2D eigenvalue weighted by atomic mass is 29.9. The topological polar surface area (TPSA) is 19.9 Å². The lowest BCUT2D eigenvalue weighted by Gasteiger charge is -2.60. The molecule has 1 atom stereocenters. The molecule has 0 bridgehead atoms. The zero-order chi connectivity index (χ0) is 15.3. The molecule has 0 aromatic carbocycles. The van der Waals surface area contributed by atoms with Crippen molar-refractivity contribution in [3.8, 4) is 0 Å². The maximum Gasteiger partial charge on any atom is 0.151 e. The zero-order valence-electron chi connectivity index (χ0n) is 14.5. The van der Waals surface area contributed by atoms with Crippen LogP contribution in [0, 0.1) is 0 Å². The molecule has 0 amide bonds.